The predicted molar refractivity (Wildman–Crippen MR) is 133 cm³/mol. The Labute approximate surface area is 210 Å². The Morgan fingerprint density at radius 2 is 1.72 bits per heavy atom. The molecule has 0 saturated heterocycles. The van der Waals surface area contributed by atoms with Crippen molar-refractivity contribution in [1.82, 2.24) is 10.2 Å². The molecule has 0 unspecified atom stereocenters. The van der Waals surface area contributed by atoms with Gasteiger partial charge in [-0.25, -0.2) is 0 Å². The lowest BCUT2D eigenvalue weighted by Crippen LogP contribution is -2.51. The Kier molecular flexibility index (Phi) is 9.49. The summed E-state index contributed by atoms with van der Waals surface area (Å²) in [7, 11) is 2.90. The number of rotatable bonds is 11. The van der Waals surface area contributed by atoms with Gasteiger partial charge in [0.2, 0.25) is 11.7 Å². The molecular formula is C26H33N3O7. The first-order chi connectivity index (χ1) is 17.3. The third-order valence-corrected chi connectivity index (χ3v) is 6.34. The first-order valence-corrected chi connectivity index (χ1v) is 12.0. The average molecular weight is 500 g/mol. The summed E-state index contributed by atoms with van der Waals surface area (Å²) in [5.74, 6) is 0.361. The van der Waals surface area contributed by atoms with E-state index >= 15 is 0 Å². The molecule has 1 atom stereocenters. The number of nitro benzene ring substituents is 1. The average Bonchev–Trinajstić information content (AvgIpc) is 2.90. The topological polar surface area (TPSA) is 120 Å². The summed E-state index contributed by atoms with van der Waals surface area (Å²) in [5, 5.41) is 14.2. The largest absolute Gasteiger partial charge is 0.497 e. The fraction of sp³-hybridized carbons (Fsp3) is 0.462. The first-order valence-electron chi connectivity index (χ1n) is 12.0. The van der Waals surface area contributed by atoms with Gasteiger partial charge in [0, 0.05) is 24.7 Å². The van der Waals surface area contributed by atoms with E-state index in [0.29, 0.717) is 5.75 Å². The summed E-state index contributed by atoms with van der Waals surface area (Å²) in [6, 6.07) is 10.7. The van der Waals surface area contributed by atoms with Crippen LogP contribution in [0.25, 0.3) is 0 Å². The van der Waals surface area contributed by atoms with Crippen LogP contribution in [-0.2, 0) is 16.1 Å². The zero-order chi connectivity index (χ0) is 26.1. The third-order valence-electron chi connectivity index (χ3n) is 6.34. The molecule has 1 fully saturated rings. The number of hydrogen-bond acceptors (Lipinski definition) is 7. The number of amides is 2. The first kappa shape index (κ1) is 26.8. The minimum absolute atomic E-state index is 0.0280. The van der Waals surface area contributed by atoms with Crippen LogP contribution in [-0.4, -0.2) is 54.5 Å². The normalized spacial score (nSPS) is 14.4. The minimum Gasteiger partial charge on any atom is -0.497 e. The van der Waals surface area contributed by atoms with Crippen LogP contribution < -0.4 is 19.5 Å². The zero-order valence-electron chi connectivity index (χ0n) is 20.9. The highest BCUT2D eigenvalue weighted by molar-refractivity contribution is 5.88. The molecule has 2 amide bonds. The number of carbonyl (C=O) groups excluding carboxylic acids is 2. The van der Waals surface area contributed by atoms with Crippen LogP contribution in [0.2, 0.25) is 0 Å². The van der Waals surface area contributed by atoms with Crippen LogP contribution in [0, 0.1) is 10.1 Å². The smallest absolute Gasteiger partial charge is 0.311 e. The maximum absolute atomic E-state index is 13.3. The van der Waals surface area contributed by atoms with Gasteiger partial charge in [-0.2, -0.15) is 0 Å². The van der Waals surface area contributed by atoms with Crippen LogP contribution in [0.4, 0.5) is 5.69 Å². The van der Waals surface area contributed by atoms with Crippen molar-refractivity contribution < 1.29 is 28.7 Å². The van der Waals surface area contributed by atoms with E-state index in [1.807, 2.05) is 12.1 Å². The van der Waals surface area contributed by atoms with Gasteiger partial charge in [-0.15, -0.1) is 0 Å². The Balaban J connectivity index is 1.73. The second-order valence-electron chi connectivity index (χ2n) is 8.77. The minimum atomic E-state index is -0.725. The van der Waals surface area contributed by atoms with Crippen molar-refractivity contribution in [2.24, 2.45) is 0 Å². The molecule has 1 aliphatic carbocycles. The summed E-state index contributed by atoms with van der Waals surface area (Å²) in [4.78, 5) is 38.4. The number of nitrogens with zero attached hydrogens (tertiary/aromatic N) is 2. The van der Waals surface area contributed by atoms with E-state index < -0.39 is 16.9 Å². The van der Waals surface area contributed by atoms with Gasteiger partial charge in [0.15, 0.2) is 6.61 Å². The second kappa shape index (κ2) is 12.8. The van der Waals surface area contributed by atoms with Gasteiger partial charge >= 0.3 is 5.69 Å². The lowest BCUT2D eigenvalue weighted by atomic mass is 9.95. The summed E-state index contributed by atoms with van der Waals surface area (Å²) >= 11 is 0. The van der Waals surface area contributed by atoms with E-state index in [0.717, 1.165) is 31.2 Å². The van der Waals surface area contributed by atoms with E-state index in [-0.39, 0.29) is 42.3 Å². The molecule has 1 saturated carbocycles. The summed E-state index contributed by atoms with van der Waals surface area (Å²) in [5.41, 5.74) is 0.629. The van der Waals surface area contributed by atoms with Crippen molar-refractivity contribution in [1.29, 1.82) is 0 Å². The Hall–Kier alpha value is -3.82. The number of nitrogens with one attached hydrogen (secondary N) is 1. The molecule has 194 valence electrons. The molecule has 1 N–H and O–H groups in total. The number of ether oxygens (including phenoxy) is 3. The van der Waals surface area contributed by atoms with Crippen molar-refractivity contribution in [2.75, 3.05) is 20.8 Å². The van der Waals surface area contributed by atoms with E-state index in [4.69, 9.17) is 14.2 Å². The molecule has 0 spiro atoms. The van der Waals surface area contributed by atoms with Crippen LogP contribution in [0.3, 0.4) is 0 Å². The van der Waals surface area contributed by atoms with Gasteiger partial charge in [-0.1, -0.05) is 31.4 Å². The number of methoxy groups -OCH3 is 2. The second-order valence-corrected chi connectivity index (χ2v) is 8.77. The fourth-order valence-electron chi connectivity index (χ4n) is 4.21. The van der Waals surface area contributed by atoms with Crippen molar-refractivity contribution >= 4 is 17.5 Å². The van der Waals surface area contributed by atoms with Crippen LogP contribution in [0.5, 0.6) is 17.2 Å². The standard InChI is InChI=1S/C26H33N3O7/c1-18(26(31)27-20-7-5-4-6-8-20)28(16-19-9-11-21(34-2)12-10-19)25(30)17-36-22-13-14-23(29(32)33)24(15-22)35-3/h9-15,18,20H,4-8,16-17H2,1-3H3,(H,27,31)/t18-/m1/s1. The molecule has 1 aliphatic rings. The molecule has 0 aliphatic heterocycles. The Bertz CT molecular complexity index is 1050. The van der Waals surface area contributed by atoms with E-state index in [1.54, 1.807) is 26.2 Å². The van der Waals surface area contributed by atoms with E-state index in [9.17, 15) is 19.7 Å². The molecule has 2 aromatic rings. The molecule has 10 nitrogen and oxygen atoms in total. The number of nitro groups is 1. The summed E-state index contributed by atoms with van der Waals surface area (Å²) in [6.07, 6.45) is 5.22. The number of carbonyl (C=O) groups is 2. The molecule has 10 heteroatoms. The molecular weight excluding hydrogens is 466 g/mol. The van der Waals surface area contributed by atoms with Crippen molar-refractivity contribution in [3.8, 4) is 17.2 Å². The van der Waals surface area contributed by atoms with Crippen LogP contribution in [0.15, 0.2) is 42.5 Å². The molecule has 2 aromatic carbocycles. The highest BCUT2D eigenvalue weighted by Gasteiger charge is 2.28. The van der Waals surface area contributed by atoms with Gasteiger partial charge in [0.25, 0.3) is 5.91 Å². The van der Waals surface area contributed by atoms with Crippen molar-refractivity contribution in [2.45, 2.75) is 57.7 Å². The molecule has 0 radical (unpaired) electrons. The molecule has 0 bridgehead atoms. The highest BCUT2D eigenvalue weighted by Crippen LogP contribution is 2.30. The van der Waals surface area contributed by atoms with Crippen molar-refractivity contribution in [3.05, 3.63) is 58.1 Å². The lowest BCUT2D eigenvalue weighted by Gasteiger charge is -2.31. The summed E-state index contributed by atoms with van der Waals surface area (Å²) < 4.78 is 15.9. The van der Waals surface area contributed by atoms with Gasteiger partial charge in [-0.3, -0.25) is 19.7 Å². The van der Waals surface area contributed by atoms with Gasteiger partial charge in [0.1, 0.15) is 17.5 Å². The van der Waals surface area contributed by atoms with E-state index in [1.165, 1.54) is 36.6 Å². The predicted octanol–water partition coefficient (Wildman–Crippen LogP) is 3.86. The van der Waals surface area contributed by atoms with E-state index in [2.05, 4.69) is 5.32 Å². The number of hydrogen-bond donors (Lipinski definition) is 1. The Morgan fingerprint density at radius 1 is 1.06 bits per heavy atom. The zero-order valence-corrected chi connectivity index (χ0v) is 20.9. The molecule has 0 heterocycles. The quantitative estimate of drug-likeness (QED) is 0.368. The van der Waals surface area contributed by atoms with Crippen LogP contribution >= 0.6 is 0 Å². The molecule has 0 aromatic heterocycles. The van der Waals surface area contributed by atoms with Gasteiger partial charge < -0.3 is 24.4 Å². The fourth-order valence-corrected chi connectivity index (χ4v) is 4.21. The van der Waals surface area contributed by atoms with Crippen LogP contribution in [0.1, 0.15) is 44.6 Å². The monoisotopic (exact) mass is 499 g/mol. The lowest BCUT2D eigenvalue weighted by molar-refractivity contribution is -0.385. The number of benzene rings is 2. The van der Waals surface area contributed by atoms with Gasteiger partial charge in [0.05, 0.1) is 19.1 Å². The molecule has 3 rings (SSSR count). The maximum atomic E-state index is 13.3. The molecule has 36 heavy (non-hydrogen) atoms. The SMILES string of the molecule is COc1ccc(CN(C(=O)COc2ccc([N+](=O)[O-])c(OC)c2)[C@H](C)C(=O)NC2CCCCC2)cc1. The highest BCUT2D eigenvalue weighted by atomic mass is 16.6. The Morgan fingerprint density at radius 3 is 2.33 bits per heavy atom. The summed E-state index contributed by atoms with van der Waals surface area (Å²) in [6.45, 7) is 1.56. The maximum Gasteiger partial charge on any atom is 0.311 e. The third kappa shape index (κ3) is 7.10. The van der Waals surface area contributed by atoms with Gasteiger partial charge in [-0.05, 0) is 43.5 Å². The van der Waals surface area contributed by atoms with Crippen molar-refractivity contribution in [3.63, 3.8) is 0 Å².